The van der Waals surface area contributed by atoms with Gasteiger partial charge in [0.25, 0.3) is 5.91 Å². The maximum absolute atomic E-state index is 13.4. The van der Waals surface area contributed by atoms with Crippen molar-refractivity contribution in [1.82, 2.24) is 5.32 Å². The zero-order chi connectivity index (χ0) is 15.3. The van der Waals surface area contributed by atoms with Gasteiger partial charge in [0.05, 0.1) is 6.61 Å². The van der Waals surface area contributed by atoms with Crippen molar-refractivity contribution in [3.05, 3.63) is 33.8 Å². The van der Waals surface area contributed by atoms with Gasteiger partial charge in [0.2, 0.25) is 0 Å². The second kappa shape index (κ2) is 6.98. The summed E-state index contributed by atoms with van der Waals surface area (Å²) in [5, 5.41) is 2.06. The van der Waals surface area contributed by atoms with Crippen LogP contribution in [0.3, 0.4) is 0 Å². The molecule has 0 saturated heterocycles. The fraction of sp³-hybridized carbons (Fsp3) is 0.364. The van der Waals surface area contributed by atoms with Gasteiger partial charge in [0, 0.05) is 11.0 Å². The Balaban J connectivity index is 2.48. The van der Waals surface area contributed by atoms with Crippen molar-refractivity contribution in [2.45, 2.75) is 6.18 Å². The minimum absolute atomic E-state index is 0.123. The summed E-state index contributed by atoms with van der Waals surface area (Å²) in [5.74, 6) is -3.22. The molecule has 0 radical (unpaired) electrons. The molecule has 0 unspecified atom stereocenters. The van der Waals surface area contributed by atoms with Gasteiger partial charge in [-0.25, -0.2) is 8.78 Å². The maximum atomic E-state index is 13.4. The van der Waals surface area contributed by atoms with Crippen LogP contribution in [0.25, 0.3) is 0 Å². The maximum Gasteiger partial charge on any atom is 0.411 e. The molecule has 0 fully saturated rings. The second-order valence-electron chi connectivity index (χ2n) is 3.67. The van der Waals surface area contributed by atoms with Crippen LogP contribution >= 0.6 is 15.9 Å². The Hall–Kier alpha value is -1.22. The van der Waals surface area contributed by atoms with E-state index in [1.54, 1.807) is 0 Å². The first-order valence-electron chi connectivity index (χ1n) is 5.28. The zero-order valence-corrected chi connectivity index (χ0v) is 11.4. The van der Waals surface area contributed by atoms with Gasteiger partial charge >= 0.3 is 6.18 Å². The van der Waals surface area contributed by atoms with E-state index in [-0.39, 0.29) is 11.0 Å². The predicted octanol–water partition coefficient (Wildman–Crippen LogP) is 3.04. The van der Waals surface area contributed by atoms with Crippen molar-refractivity contribution < 1.29 is 31.5 Å². The number of amides is 1. The van der Waals surface area contributed by atoms with Crippen LogP contribution in [0.1, 0.15) is 10.4 Å². The number of halogens is 6. The SMILES string of the molecule is O=C(NCCOCC(F)(F)F)c1c(F)cc(Br)cc1F. The van der Waals surface area contributed by atoms with Gasteiger partial charge < -0.3 is 10.1 Å². The fourth-order valence-corrected chi connectivity index (χ4v) is 1.67. The molecule has 0 aliphatic heterocycles. The van der Waals surface area contributed by atoms with Gasteiger partial charge in [-0.3, -0.25) is 4.79 Å². The molecule has 20 heavy (non-hydrogen) atoms. The van der Waals surface area contributed by atoms with Crippen LogP contribution in [0.5, 0.6) is 0 Å². The highest BCUT2D eigenvalue weighted by Crippen LogP contribution is 2.19. The Morgan fingerprint density at radius 3 is 2.30 bits per heavy atom. The number of ether oxygens (including phenoxy) is 1. The van der Waals surface area contributed by atoms with Gasteiger partial charge in [-0.1, -0.05) is 15.9 Å². The number of benzene rings is 1. The number of carbonyl (C=O) groups is 1. The van der Waals surface area contributed by atoms with E-state index >= 15 is 0 Å². The van der Waals surface area contributed by atoms with Crippen LogP contribution in [0, 0.1) is 11.6 Å². The lowest BCUT2D eigenvalue weighted by Crippen LogP contribution is -2.30. The number of rotatable bonds is 5. The molecule has 0 aromatic heterocycles. The first-order chi connectivity index (χ1) is 9.20. The fourth-order valence-electron chi connectivity index (χ4n) is 1.27. The van der Waals surface area contributed by atoms with Crippen LogP contribution < -0.4 is 5.32 Å². The highest BCUT2D eigenvalue weighted by Gasteiger charge is 2.27. The molecule has 0 bridgehead atoms. The second-order valence-corrected chi connectivity index (χ2v) is 4.58. The molecule has 3 nitrogen and oxygen atoms in total. The predicted molar refractivity (Wildman–Crippen MR) is 63.3 cm³/mol. The Bertz CT molecular complexity index is 469. The summed E-state index contributed by atoms with van der Waals surface area (Å²) in [4.78, 5) is 11.5. The highest BCUT2D eigenvalue weighted by molar-refractivity contribution is 9.10. The van der Waals surface area contributed by atoms with Gasteiger partial charge in [-0.15, -0.1) is 0 Å². The van der Waals surface area contributed by atoms with Crippen molar-refractivity contribution in [2.24, 2.45) is 0 Å². The molecule has 1 amide bonds. The van der Waals surface area contributed by atoms with Crippen molar-refractivity contribution in [3.63, 3.8) is 0 Å². The summed E-state index contributed by atoms with van der Waals surface area (Å²) in [6, 6.07) is 1.80. The highest BCUT2D eigenvalue weighted by atomic mass is 79.9. The monoisotopic (exact) mass is 361 g/mol. The molecule has 0 atom stereocenters. The van der Waals surface area contributed by atoms with Crippen molar-refractivity contribution in [3.8, 4) is 0 Å². The van der Waals surface area contributed by atoms with Crippen molar-refractivity contribution in [2.75, 3.05) is 19.8 Å². The van der Waals surface area contributed by atoms with Crippen molar-refractivity contribution in [1.29, 1.82) is 0 Å². The third kappa shape index (κ3) is 5.41. The van der Waals surface area contributed by atoms with E-state index in [1.807, 2.05) is 0 Å². The Kier molecular flexibility index (Phi) is 5.88. The van der Waals surface area contributed by atoms with E-state index in [4.69, 9.17) is 0 Å². The van der Waals surface area contributed by atoms with Gasteiger partial charge in [0.1, 0.15) is 23.8 Å². The molecule has 0 aliphatic carbocycles. The lowest BCUT2D eigenvalue weighted by molar-refractivity contribution is -0.173. The Morgan fingerprint density at radius 2 is 1.80 bits per heavy atom. The molecule has 0 spiro atoms. The summed E-state index contributed by atoms with van der Waals surface area (Å²) in [6.07, 6.45) is -4.46. The first-order valence-corrected chi connectivity index (χ1v) is 6.07. The number of nitrogens with one attached hydrogen (secondary N) is 1. The van der Waals surface area contributed by atoms with E-state index in [9.17, 15) is 26.7 Å². The summed E-state index contributed by atoms with van der Waals surface area (Å²) in [6.45, 7) is -2.18. The van der Waals surface area contributed by atoms with Crippen LogP contribution in [-0.2, 0) is 4.74 Å². The number of carbonyl (C=O) groups excluding carboxylic acids is 1. The molecule has 9 heteroatoms. The van der Waals surface area contributed by atoms with E-state index in [0.29, 0.717) is 0 Å². The minimum atomic E-state index is -4.46. The molecule has 112 valence electrons. The Morgan fingerprint density at radius 1 is 1.25 bits per heavy atom. The standard InChI is InChI=1S/C11H9BrF5NO2/c12-6-3-7(13)9(8(14)4-6)10(19)18-1-2-20-5-11(15,16)17/h3-4H,1-2,5H2,(H,18,19). The Labute approximate surface area is 119 Å². The smallest absolute Gasteiger partial charge is 0.370 e. The number of alkyl halides is 3. The quantitative estimate of drug-likeness (QED) is 0.646. The summed E-state index contributed by atoms with van der Waals surface area (Å²) < 4.78 is 66.3. The van der Waals surface area contributed by atoms with E-state index in [0.717, 1.165) is 12.1 Å². The third-order valence-corrected chi connectivity index (χ3v) is 2.49. The van der Waals surface area contributed by atoms with Crippen molar-refractivity contribution >= 4 is 21.8 Å². The van der Waals surface area contributed by atoms with Crippen LogP contribution in [-0.4, -0.2) is 31.8 Å². The normalized spacial score (nSPS) is 11.5. The zero-order valence-electron chi connectivity index (χ0n) is 9.86. The van der Waals surface area contributed by atoms with Crippen LogP contribution in [0.15, 0.2) is 16.6 Å². The lowest BCUT2D eigenvalue weighted by atomic mass is 10.2. The van der Waals surface area contributed by atoms with Crippen LogP contribution in [0.4, 0.5) is 22.0 Å². The molecule has 1 aromatic rings. The molecule has 1 N–H and O–H groups in total. The van der Waals surface area contributed by atoms with Gasteiger partial charge in [-0.05, 0) is 12.1 Å². The molecule has 1 aromatic carbocycles. The third-order valence-electron chi connectivity index (χ3n) is 2.03. The molecular weight excluding hydrogens is 353 g/mol. The average molecular weight is 362 g/mol. The molecular formula is C11H9BrF5NO2. The van der Waals surface area contributed by atoms with E-state index < -0.39 is 42.5 Å². The minimum Gasteiger partial charge on any atom is -0.370 e. The van der Waals surface area contributed by atoms with E-state index in [1.165, 1.54) is 0 Å². The average Bonchev–Trinajstić information content (AvgIpc) is 2.25. The molecule has 0 aliphatic rings. The van der Waals surface area contributed by atoms with E-state index in [2.05, 4.69) is 26.0 Å². The largest absolute Gasteiger partial charge is 0.411 e. The van der Waals surface area contributed by atoms with Gasteiger partial charge in [0.15, 0.2) is 0 Å². The van der Waals surface area contributed by atoms with Crippen LogP contribution in [0.2, 0.25) is 0 Å². The topological polar surface area (TPSA) is 38.3 Å². The first kappa shape index (κ1) is 16.8. The molecule has 0 saturated carbocycles. The molecule has 0 heterocycles. The summed E-state index contributed by atoms with van der Waals surface area (Å²) >= 11 is 2.85. The molecule has 1 rings (SSSR count). The summed E-state index contributed by atoms with van der Waals surface area (Å²) in [7, 11) is 0. The number of hydrogen-bond acceptors (Lipinski definition) is 2. The number of hydrogen-bond donors (Lipinski definition) is 1. The summed E-state index contributed by atoms with van der Waals surface area (Å²) in [5.41, 5.74) is -0.802. The van der Waals surface area contributed by atoms with Gasteiger partial charge in [-0.2, -0.15) is 13.2 Å². The lowest BCUT2D eigenvalue weighted by Gasteiger charge is -2.09.